The fourth-order valence-corrected chi connectivity index (χ4v) is 2.38. The number of benzene rings is 1. The van der Waals surface area contributed by atoms with E-state index in [1.807, 2.05) is 0 Å². The second-order valence-corrected chi connectivity index (χ2v) is 5.50. The average Bonchev–Trinajstić information content (AvgIpc) is 2.64. The van der Waals surface area contributed by atoms with Gasteiger partial charge in [0.2, 0.25) is 5.95 Å². The van der Waals surface area contributed by atoms with Crippen molar-refractivity contribution in [3.8, 4) is 0 Å². The number of rotatable bonds is 5. The molecule has 0 amide bonds. The lowest BCUT2D eigenvalue weighted by Crippen LogP contribution is -2.39. The maximum atomic E-state index is 13.4. The van der Waals surface area contributed by atoms with E-state index in [1.165, 1.54) is 13.1 Å². The van der Waals surface area contributed by atoms with E-state index in [-0.39, 0.29) is 23.7 Å². The number of anilines is 1. The van der Waals surface area contributed by atoms with Gasteiger partial charge < -0.3 is 11.1 Å². The first-order valence-corrected chi connectivity index (χ1v) is 7.64. The normalized spacial score (nSPS) is 11.1. The maximum absolute atomic E-state index is 13.4. The van der Waals surface area contributed by atoms with Crippen molar-refractivity contribution in [3.05, 3.63) is 56.2 Å². The van der Waals surface area contributed by atoms with Crippen LogP contribution in [-0.2, 0) is 13.6 Å². The standard InChI is InChI=1S/C15H15F2N7O2/c1-23-13(25)11-12(21-22-14(20-11)19-5-4-18)24(15(23)26)7-8-2-3-9(16)10(17)6-8/h2-3,6H,4-5,7,18H2,1H3,(H,19,20,22). The Balaban J connectivity index is 2.16. The lowest BCUT2D eigenvalue weighted by molar-refractivity contribution is 0.506. The minimum atomic E-state index is -1.04. The summed E-state index contributed by atoms with van der Waals surface area (Å²) >= 11 is 0. The molecule has 0 aliphatic rings. The number of hydrogen-bond acceptors (Lipinski definition) is 7. The molecule has 0 fully saturated rings. The highest BCUT2D eigenvalue weighted by atomic mass is 19.2. The molecule has 0 saturated heterocycles. The van der Waals surface area contributed by atoms with Gasteiger partial charge >= 0.3 is 5.69 Å². The molecule has 0 spiro atoms. The molecule has 1 aromatic carbocycles. The maximum Gasteiger partial charge on any atom is 0.332 e. The van der Waals surface area contributed by atoms with Crippen LogP contribution in [-0.4, -0.2) is 37.4 Å². The van der Waals surface area contributed by atoms with Crippen LogP contribution in [0.25, 0.3) is 11.2 Å². The van der Waals surface area contributed by atoms with Gasteiger partial charge in [0, 0.05) is 20.1 Å². The minimum absolute atomic E-state index is 0.0545. The largest absolute Gasteiger partial charge is 0.352 e. The lowest BCUT2D eigenvalue weighted by atomic mass is 10.2. The summed E-state index contributed by atoms with van der Waals surface area (Å²) in [7, 11) is 1.29. The Morgan fingerprint density at radius 2 is 1.96 bits per heavy atom. The van der Waals surface area contributed by atoms with E-state index < -0.39 is 22.9 Å². The summed E-state index contributed by atoms with van der Waals surface area (Å²) in [6.45, 7) is 0.573. The first-order chi connectivity index (χ1) is 12.4. The number of nitrogens with one attached hydrogen (secondary N) is 1. The zero-order valence-corrected chi connectivity index (χ0v) is 13.7. The molecular formula is C15H15F2N7O2. The fourth-order valence-electron chi connectivity index (χ4n) is 2.38. The van der Waals surface area contributed by atoms with Gasteiger partial charge in [-0.2, -0.15) is 0 Å². The molecule has 2 heterocycles. The monoisotopic (exact) mass is 363 g/mol. The molecule has 3 rings (SSSR count). The third-order valence-corrected chi connectivity index (χ3v) is 3.70. The highest BCUT2D eigenvalue weighted by molar-refractivity contribution is 5.69. The van der Waals surface area contributed by atoms with Crippen molar-refractivity contribution >= 4 is 17.1 Å². The van der Waals surface area contributed by atoms with E-state index in [1.54, 1.807) is 0 Å². The summed E-state index contributed by atoms with van der Waals surface area (Å²) in [6, 6.07) is 3.26. The Kier molecular flexibility index (Phi) is 4.71. The Bertz CT molecular complexity index is 1090. The van der Waals surface area contributed by atoms with Gasteiger partial charge in [0.1, 0.15) is 0 Å². The Hall–Kier alpha value is -3.21. The fraction of sp³-hybridized carbons (Fsp3) is 0.267. The zero-order valence-electron chi connectivity index (χ0n) is 13.7. The molecule has 9 nitrogen and oxygen atoms in total. The number of nitrogens with zero attached hydrogens (tertiary/aromatic N) is 5. The topological polar surface area (TPSA) is 121 Å². The van der Waals surface area contributed by atoms with E-state index in [4.69, 9.17) is 5.73 Å². The van der Waals surface area contributed by atoms with Crippen molar-refractivity contribution in [1.29, 1.82) is 0 Å². The van der Waals surface area contributed by atoms with Gasteiger partial charge in [-0.25, -0.2) is 18.6 Å². The Morgan fingerprint density at radius 3 is 2.65 bits per heavy atom. The number of fused-ring (bicyclic) bond motifs is 1. The minimum Gasteiger partial charge on any atom is -0.352 e. The number of aromatic nitrogens is 5. The molecule has 3 aromatic rings. The lowest BCUT2D eigenvalue weighted by Gasteiger charge is -2.11. The van der Waals surface area contributed by atoms with Crippen LogP contribution < -0.4 is 22.3 Å². The first-order valence-electron chi connectivity index (χ1n) is 7.64. The van der Waals surface area contributed by atoms with Crippen molar-refractivity contribution in [1.82, 2.24) is 24.3 Å². The molecule has 0 aliphatic carbocycles. The van der Waals surface area contributed by atoms with Gasteiger partial charge in [-0.15, -0.1) is 10.2 Å². The molecule has 0 saturated carbocycles. The molecular weight excluding hydrogens is 348 g/mol. The molecule has 2 aromatic heterocycles. The molecule has 0 unspecified atom stereocenters. The van der Waals surface area contributed by atoms with Crippen molar-refractivity contribution in [2.75, 3.05) is 18.4 Å². The molecule has 0 aliphatic heterocycles. The summed E-state index contributed by atoms with van der Waals surface area (Å²) in [5.41, 5.74) is 4.26. The number of halogens is 2. The van der Waals surface area contributed by atoms with Crippen LogP contribution in [0.15, 0.2) is 27.8 Å². The van der Waals surface area contributed by atoms with Gasteiger partial charge in [-0.05, 0) is 17.7 Å². The Labute approximate surface area is 145 Å². The van der Waals surface area contributed by atoms with Crippen LogP contribution in [0.1, 0.15) is 5.56 Å². The second kappa shape index (κ2) is 6.96. The van der Waals surface area contributed by atoms with Crippen molar-refractivity contribution in [2.24, 2.45) is 12.8 Å². The molecule has 11 heteroatoms. The highest BCUT2D eigenvalue weighted by Gasteiger charge is 2.16. The quantitative estimate of drug-likeness (QED) is 0.632. The predicted molar refractivity (Wildman–Crippen MR) is 89.8 cm³/mol. The Morgan fingerprint density at radius 1 is 1.19 bits per heavy atom. The van der Waals surface area contributed by atoms with Crippen LogP contribution in [0.4, 0.5) is 14.7 Å². The third-order valence-electron chi connectivity index (χ3n) is 3.70. The van der Waals surface area contributed by atoms with Crippen molar-refractivity contribution < 1.29 is 8.78 Å². The second-order valence-electron chi connectivity index (χ2n) is 5.50. The van der Waals surface area contributed by atoms with E-state index >= 15 is 0 Å². The van der Waals surface area contributed by atoms with Crippen LogP contribution in [0.3, 0.4) is 0 Å². The van der Waals surface area contributed by atoms with Crippen LogP contribution >= 0.6 is 0 Å². The van der Waals surface area contributed by atoms with Crippen LogP contribution in [0.2, 0.25) is 0 Å². The molecule has 3 N–H and O–H groups in total. The number of nitrogens with two attached hydrogens (primary N) is 1. The summed E-state index contributed by atoms with van der Waals surface area (Å²) < 4.78 is 28.5. The predicted octanol–water partition coefficient (Wildman–Crippen LogP) is -0.418. The van der Waals surface area contributed by atoms with Gasteiger partial charge in [-0.3, -0.25) is 13.9 Å². The van der Waals surface area contributed by atoms with Crippen LogP contribution in [0, 0.1) is 11.6 Å². The smallest absolute Gasteiger partial charge is 0.332 e. The van der Waals surface area contributed by atoms with E-state index in [2.05, 4.69) is 20.5 Å². The average molecular weight is 363 g/mol. The molecule has 0 atom stereocenters. The summed E-state index contributed by atoms with van der Waals surface area (Å²) in [6.07, 6.45) is 0. The highest BCUT2D eigenvalue weighted by Crippen LogP contribution is 2.11. The van der Waals surface area contributed by atoms with E-state index in [0.29, 0.717) is 18.7 Å². The summed E-state index contributed by atoms with van der Waals surface area (Å²) in [5.74, 6) is -1.94. The van der Waals surface area contributed by atoms with Crippen molar-refractivity contribution in [2.45, 2.75) is 6.54 Å². The molecule has 0 bridgehead atoms. The number of hydrogen-bond donors (Lipinski definition) is 2. The summed E-state index contributed by atoms with van der Waals surface area (Å²) in [4.78, 5) is 28.9. The van der Waals surface area contributed by atoms with E-state index in [0.717, 1.165) is 21.3 Å². The molecule has 26 heavy (non-hydrogen) atoms. The van der Waals surface area contributed by atoms with E-state index in [9.17, 15) is 18.4 Å². The van der Waals surface area contributed by atoms with Crippen LogP contribution in [0.5, 0.6) is 0 Å². The summed E-state index contributed by atoms with van der Waals surface area (Å²) in [5, 5.41) is 10.5. The van der Waals surface area contributed by atoms with Gasteiger partial charge in [0.25, 0.3) is 5.56 Å². The SMILES string of the molecule is Cn1c(=O)c2nc(NCCN)nnc2n(Cc2ccc(F)c(F)c2)c1=O. The van der Waals surface area contributed by atoms with Gasteiger partial charge in [0.15, 0.2) is 22.8 Å². The van der Waals surface area contributed by atoms with Crippen molar-refractivity contribution in [3.63, 3.8) is 0 Å². The zero-order chi connectivity index (χ0) is 18.8. The van der Waals surface area contributed by atoms with Gasteiger partial charge in [0.05, 0.1) is 6.54 Å². The van der Waals surface area contributed by atoms with Gasteiger partial charge in [-0.1, -0.05) is 6.07 Å². The molecule has 136 valence electrons. The third kappa shape index (κ3) is 3.16. The molecule has 0 radical (unpaired) electrons. The first kappa shape index (κ1) is 17.6.